The van der Waals surface area contributed by atoms with Crippen LogP contribution in [0.2, 0.25) is 5.02 Å². The van der Waals surface area contributed by atoms with E-state index >= 15 is 0 Å². The minimum atomic E-state index is -0.793. The molecule has 0 spiro atoms. The first-order chi connectivity index (χ1) is 9.49. The average molecular weight is 289 g/mol. The van der Waals surface area contributed by atoms with E-state index in [9.17, 15) is 9.18 Å². The number of hydrogen-bond acceptors (Lipinski definition) is 4. The number of nitrogen functional groups attached to an aromatic ring is 1. The van der Waals surface area contributed by atoms with Crippen LogP contribution < -0.4 is 11.3 Å². The highest BCUT2D eigenvalue weighted by Crippen LogP contribution is 2.31. The smallest absolute Gasteiger partial charge is 0.268 e. The number of rotatable bonds is 1. The van der Waals surface area contributed by atoms with E-state index in [0.29, 0.717) is 0 Å². The summed E-state index contributed by atoms with van der Waals surface area (Å²) >= 11 is 5.79. The summed E-state index contributed by atoms with van der Waals surface area (Å²) in [4.78, 5) is 13.9. The normalized spacial score (nSPS) is 9.80. The van der Waals surface area contributed by atoms with Crippen molar-refractivity contribution >= 4 is 17.4 Å². The minimum Gasteiger partial charge on any atom is -0.384 e. The molecule has 1 heterocycles. The topological polar surface area (TPSA) is 106 Å². The molecular formula is C13H6ClFN4O. The number of pyridine rings is 1. The van der Waals surface area contributed by atoms with Crippen molar-refractivity contribution in [1.82, 2.24) is 4.98 Å². The van der Waals surface area contributed by atoms with Crippen LogP contribution in [-0.2, 0) is 0 Å². The van der Waals surface area contributed by atoms with Gasteiger partial charge in [0.25, 0.3) is 5.56 Å². The first-order valence-corrected chi connectivity index (χ1v) is 5.68. The third kappa shape index (κ3) is 2.09. The van der Waals surface area contributed by atoms with Crippen molar-refractivity contribution in [3.8, 4) is 23.3 Å². The van der Waals surface area contributed by atoms with Crippen molar-refractivity contribution in [1.29, 1.82) is 10.5 Å². The molecule has 5 nitrogen and oxygen atoms in total. The van der Waals surface area contributed by atoms with E-state index in [2.05, 4.69) is 4.98 Å². The molecule has 0 aliphatic heterocycles. The van der Waals surface area contributed by atoms with Crippen LogP contribution in [0.1, 0.15) is 11.1 Å². The second-order valence-corrected chi connectivity index (χ2v) is 4.28. The minimum absolute atomic E-state index is 0.122. The van der Waals surface area contributed by atoms with E-state index in [4.69, 9.17) is 27.9 Å². The van der Waals surface area contributed by atoms with Crippen LogP contribution in [0.5, 0.6) is 0 Å². The molecule has 2 aromatic rings. The molecule has 0 radical (unpaired) electrons. The van der Waals surface area contributed by atoms with Crippen molar-refractivity contribution in [3.05, 3.63) is 50.5 Å². The maximum Gasteiger partial charge on any atom is 0.268 e. The second kappa shape index (κ2) is 5.04. The molecule has 2 rings (SSSR count). The molecule has 0 saturated carbocycles. The van der Waals surface area contributed by atoms with E-state index in [-0.39, 0.29) is 27.5 Å². The number of nitriles is 2. The predicted molar refractivity (Wildman–Crippen MR) is 71.3 cm³/mol. The summed E-state index contributed by atoms with van der Waals surface area (Å²) in [7, 11) is 0. The Morgan fingerprint density at radius 2 is 1.90 bits per heavy atom. The number of nitrogens with one attached hydrogen (secondary N) is 1. The summed E-state index contributed by atoms with van der Waals surface area (Å²) in [6, 6.07) is 7.03. The number of nitrogens with zero attached hydrogens (tertiary/aromatic N) is 2. The van der Waals surface area contributed by atoms with E-state index < -0.39 is 16.9 Å². The largest absolute Gasteiger partial charge is 0.384 e. The third-order valence-corrected chi connectivity index (χ3v) is 2.90. The highest BCUT2D eigenvalue weighted by Gasteiger charge is 2.20. The molecule has 0 atom stereocenters. The van der Waals surface area contributed by atoms with Gasteiger partial charge < -0.3 is 10.7 Å². The highest BCUT2D eigenvalue weighted by atomic mass is 35.5. The Labute approximate surface area is 117 Å². The summed E-state index contributed by atoms with van der Waals surface area (Å²) in [6.07, 6.45) is 0. The Balaban J connectivity index is 3.00. The molecule has 3 N–H and O–H groups in total. The van der Waals surface area contributed by atoms with Crippen molar-refractivity contribution in [2.45, 2.75) is 0 Å². The van der Waals surface area contributed by atoms with Gasteiger partial charge in [-0.2, -0.15) is 10.5 Å². The van der Waals surface area contributed by atoms with Gasteiger partial charge in [-0.05, 0) is 18.2 Å². The molecule has 1 aromatic heterocycles. The highest BCUT2D eigenvalue weighted by molar-refractivity contribution is 6.30. The standard InChI is InChI=1S/C13H6ClFN4O/c14-6-1-2-10(15)7(3-6)11-8(4-16)12(18)19-13(20)9(11)5-17/h1-3H,(H3,18,19,20). The SMILES string of the molecule is N#Cc1c(N)[nH]c(=O)c(C#N)c1-c1cc(Cl)ccc1F. The lowest BCUT2D eigenvalue weighted by Crippen LogP contribution is -2.16. The van der Waals surface area contributed by atoms with E-state index in [1.54, 1.807) is 12.1 Å². The van der Waals surface area contributed by atoms with Gasteiger partial charge in [0.15, 0.2) is 0 Å². The summed E-state index contributed by atoms with van der Waals surface area (Å²) in [5.74, 6) is -0.946. The molecule has 20 heavy (non-hydrogen) atoms. The van der Waals surface area contributed by atoms with Gasteiger partial charge >= 0.3 is 0 Å². The van der Waals surface area contributed by atoms with Gasteiger partial charge in [0, 0.05) is 16.1 Å². The molecule has 0 saturated heterocycles. The number of nitrogens with two attached hydrogens (primary N) is 1. The van der Waals surface area contributed by atoms with Crippen LogP contribution in [0.25, 0.3) is 11.1 Å². The Bertz CT molecular complexity index is 845. The van der Waals surface area contributed by atoms with Gasteiger partial charge in [-0.1, -0.05) is 11.6 Å². The van der Waals surface area contributed by atoms with Gasteiger partial charge in [-0.25, -0.2) is 4.39 Å². The van der Waals surface area contributed by atoms with Crippen molar-refractivity contribution in [3.63, 3.8) is 0 Å². The molecule has 0 bridgehead atoms. The fourth-order valence-electron chi connectivity index (χ4n) is 1.80. The van der Waals surface area contributed by atoms with Gasteiger partial charge in [-0.3, -0.25) is 4.79 Å². The van der Waals surface area contributed by atoms with Gasteiger partial charge in [-0.15, -0.1) is 0 Å². The zero-order valence-electron chi connectivity index (χ0n) is 9.87. The molecule has 1 aromatic carbocycles. The molecule has 0 aliphatic carbocycles. The maximum absolute atomic E-state index is 13.9. The maximum atomic E-state index is 13.9. The quantitative estimate of drug-likeness (QED) is 0.838. The zero-order valence-corrected chi connectivity index (χ0v) is 10.6. The fraction of sp³-hybridized carbons (Fsp3) is 0. The molecule has 7 heteroatoms. The molecule has 0 amide bonds. The number of halogens is 2. The first kappa shape index (κ1) is 13.6. The zero-order chi connectivity index (χ0) is 14.9. The van der Waals surface area contributed by atoms with E-state index in [1.807, 2.05) is 0 Å². The summed E-state index contributed by atoms with van der Waals surface area (Å²) < 4.78 is 13.9. The molecule has 98 valence electrons. The van der Waals surface area contributed by atoms with E-state index in [1.165, 1.54) is 12.1 Å². The van der Waals surface area contributed by atoms with Crippen molar-refractivity contribution in [2.24, 2.45) is 0 Å². The molecular weight excluding hydrogens is 283 g/mol. The predicted octanol–water partition coefficient (Wildman–Crippen LogP) is 2.16. The Morgan fingerprint density at radius 3 is 2.50 bits per heavy atom. The third-order valence-electron chi connectivity index (χ3n) is 2.67. The van der Waals surface area contributed by atoms with E-state index in [0.717, 1.165) is 6.07 Å². The number of benzene rings is 1. The molecule has 0 unspecified atom stereocenters. The number of hydrogen-bond donors (Lipinski definition) is 2. The second-order valence-electron chi connectivity index (χ2n) is 3.84. The Morgan fingerprint density at radius 1 is 1.25 bits per heavy atom. The van der Waals surface area contributed by atoms with Crippen molar-refractivity contribution < 1.29 is 4.39 Å². The molecule has 0 aliphatic rings. The van der Waals surface area contributed by atoms with Crippen LogP contribution in [0.15, 0.2) is 23.0 Å². The summed E-state index contributed by atoms with van der Waals surface area (Å²) in [6.45, 7) is 0. The van der Waals surface area contributed by atoms with Crippen LogP contribution >= 0.6 is 11.6 Å². The number of H-pyrrole nitrogens is 1. The monoisotopic (exact) mass is 288 g/mol. The number of aromatic amines is 1. The van der Waals surface area contributed by atoms with Crippen LogP contribution in [0, 0.1) is 28.5 Å². The van der Waals surface area contributed by atoms with Crippen LogP contribution in [0.4, 0.5) is 10.2 Å². The summed E-state index contributed by atoms with van der Waals surface area (Å²) in [5.41, 5.74) is 3.90. The average Bonchev–Trinajstić information content (AvgIpc) is 2.41. The summed E-state index contributed by atoms with van der Waals surface area (Å²) in [5, 5.41) is 18.4. The van der Waals surface area contributed by atoms with Crippen LogP contribution in [-0.4, -0.2) is 4.98 Å². The lowest BCUT2D eigenvalue weighted by molar-refractivity contribution is 0.631. The fourth-order valence-corrected chi connectivity index (χ4v) is 1.97. The first-order valence-electron chi connectivity index (χ1n) is 5.31. The number of aromatic nitrogens is 1. The lowest BCUT2D eigenvalue weighted by Gasteiger charge is -2.09. The Hall–Kier alpha value is -2.83. The van der Waals surface area contributed by atoms with Gasteiger partial charge in [0.05, 0.1) is 0 Å². The van der Waals surface area contributed by atoms with Crippen LogP contribution in [0.3, 0.4) is 0 Å². The lowest BCUT2D eigenvalue weighted by atomic mass is 9.96. The Kier molecular flexibility index (Phi) is 3.43. The van der Waals surface area contributed by atoms with Gasteiger partial charge in [0.1, 0.15) is 34.9 Å². The molecule has 0 fully saturated rings. The van der Waals surface area contributed by atoms with Crippen molar-refractivity contribution in [2.75, 3.05) is 5.73 Å². The number of anilines is 1. The van der Waals surface area contributed by atoms with Gasteiger partial charge in [0.2, 0.25) is 0 Å².